The SMILES string of the molecule is CC(C)(C)OC(=O)N1CCC2(CC1)COc1c2ccc(F)c1C(=O)N[C@H]1CCC(=O)NC1=O. The summed E-state index contributed by atoms with van der Waals surface area (Å²) in [5.41, 5.74) is -0.548. The van der Waals surface area contributed by atoms with Gasteiger partial charge in [-0.05, 0) is 46.1 Å². The van der Waals surface area contributed by atoms with Gasteiger partial charge in [-0.3, -0.25) is 19.7 Å². The van der Waals surface area contributed by atoms with Gasteiger partial charge in [-0.1, -0.05) is 6.07 Å². The van der Waals surface area contributed by atoms with Gasteiger partial charge in [0.25, 0.3) is 5.91 Å². The fourth-order valence-corrected chi connectivity index (χ4v) is 4.54. The number of halogens is 1. The summed E-state index contributed by atoms with van der Waals surface area (Å²) in [5, 5.41) is 4.69. The quantitative estimate of drug-likeness (QED) is 0.652. The van der Waals surface area contributed by atoms with Gasteiger partial charge in [0.15, 0.2) is 0 Å². The molecular formula is C23H28FN3O6. The smallest absolute Gasteiger partial charge is 0.410 e. The van der Waals surface area contributed by atoms with Crippen LogP contribution in [-0.4, -0.2) is 60.1 Å². The van der Waals surface area contributed by atoms with Gasteiger partial charge < -0.3 is 19.7 Å². The number of hydrogen-bond acceptors (Lipinski definition) is 6. The summed E-state index contributed by atoms with van der Waals surface area (Å²) in [4.78, 5) is 50.3. The number of rotatable bonds is 2. The Morgan fingerprint density at radius 1 is 1.24 bits per heavy atom. The molecule has 0 saturated carbocycles. The average molecular weight is 461 g/mol. The van der Waals surface area contributed by atoms with Crippen molar-refractivity contribution in [1.82, 2.24) is 15.5 Å². The summed E-state index contributed by atoms with van der Waals surface area (Å²) in [5.74, 6) is -2.35. The van der Waals surface area contributed by atoms with Crippen molar-refractivity contribution in [3.8, 4) is 5.75 Å². The molecule has 1 aromatic rings. The molecule has 2 N–H and O–H groups in total. The van der Waals surface area contributed by atoms with Gasteiger partial charge in [0.2, 0.25) is 11.8 Å². The van der Waals surface area contributed by atoms with Gasteiger partial charge in [-0.2, -0.15) is 0 Å². The monoisotopic (exact) mass is 461 g/mol. The van der Waals surface area contributed by atoms with E-state index >= 15 is 0 Å². The molecule has 3 aliphatic heterocycles. The number of ether oxygens (including phenoxy) is 2. The predicted molar refractivity (Wildman–Crippen MR) is 114 cm³/mol. The molecule has 0 aromatic heterocycles. The van der Waals surface area contributed by atoms with Crippen molar-refractivity contribution in [2.75, 3.05) is 19.7 Å². The standard InChI is InChI=1S/C23H28FN3O6/c1-22(2,3)33-21(31)27-10-8-23(9-11-27)12-32-18-13(23)4-5-14(24)17(18)20(30)25-15-6-7-16(28)26-19(15)29/h4-5,15H,6-12H2,1-3H3,(H,25,30)(H,26,28,29)/t15-/m0/s1. The van der Waals surface area contributed by atoms with E-state index in [1.165, 1.54) is 6.07 Å². The molecule has 0 radical (unpaired) electrons. The van der Waals surface area contributed by atoms with Crippen LogP contribution in [0.4, 0.5) is 9.18 Å². The Morgan fingerprint density at radius 2 is 1.94 bits per heavy atom. The molecular weight excluding hydrogens is 433 g/mol. The zero-order valence-electron chi connectivity index (χ0n) is 19.0. The van der Waals surface area contributed by atoms with Gasteiger partial charge in [-0.25, -0.2) is 9.18 Å². The maximum atomic E-state index is 14.7. The van der Waals surface area contributed by atoms with Crippen LogP contribution in [0, 0.1) is 5.82 Å². The number of fused-ring (bicyclic) bond motifs is 2. The van der Waals surface area contributed by atoms with E-state index in [2.05, 4.69) is 10.6 Å². The zero-order chi connectivity index (χ0) is 24.0. The lowest BCUT2D eigenvalue weighted by Crippen LogP contribution is -2.52. The molecule has 1 aromatic carbocycles. The lowest BCUT2D eigenvalue weighted by Gasteiger charge is -2.38. The highest BCUT2D eigenvalue weighted by Gasteiger charge is 2.46. The molecule has 2 saturated heterocycles. The molecule has 0 unspecified atom stereocenters. The second kappa shape index (κ2) is 8.31. The molecule has 4 amide bonds. The van der Waals surface area contributed by atoms with Crippen LogP contribution in [0.5, 0.6) is 5.75 Å². The van der Waals surface area contributed by atoms with E-state index in [0.717, 1.165) is 5.56 Å². The van der Waals surface area contributed by atoms with E-state index < -0.39 is 40.6 Å². The van der Waals surface area contributed by atoms with Crippen LogP contribution in [0.2, 0.25) is 0 Å². The first kappa shape index (κ1) is 23.0. The number of likely N-dealkylation sites (tertiary alicyclic amines) is 1. The highest BCUT2D eigenvalue weighted by atomic mass is 19.1. The Morgan fingerprint density at radius 3 is 2.58 bits per heavy atom. The number of nitrogens with zero attached hydrogens (tertiary/aromatic N) is 1. The van der Waals surface area contributed by atoms with E-state index in [4.69, 9.17) is 9.47 Å². The average Bonchev–Trinajstić information content (AvgIpc) is 3.07. The van der Waals surface area contributed by atoms with Crippen molar-refractivity contribution in [2.24, 2.45) is 0 Å². The minimum absolute atomic E-state index is 0.0970. The summed E-state index contributed by atoms with van der Waals surface area (Å²) in [6.45, 7) is 6.61. The van der Waals surface area contributed by atoms with Crippen LogP contribution in [-0.2, 0) is 19.7 Å². The van der Waals surface area contributed by atoms with Crippen LogP contribution in [0.1, 0.15) is 62.4 Å². The van der Waals surface area contributed by atoms with Crippen molar-refractivity contribution in [3.05, 3.63) is 29.1 Å². The van der Waals surface area contributed by atoms with Crippen molar-refractivity contribution in [2.45, 2.75) is 63.5 Å². The van der Waals surface area contributed by atoms with Crippen molar-refractivity contribution in [3.63, 3.8) is 0 Å². The Hall–Kier alpha value is -3.17. The van der Waals surface area contributed by atoms with E-state index in [0.29, 0.717) is 25.9 Å². The number of carbonyl (C=O) groups is 4. The molecule has 33 heavy (non-hydrogen) atoms. The third kappa shape index (κ3) is 4.51. The fourth-order valence-electron chi connectivity index (χ4n) is 4.54. The minimum Gasteiger partial charge on any atom is -0.491 e. The Bertz CT molecular complexity index is 1010. The van der Waals surface area contributed by atoms with Crippen LogP contribution < -0.4 is 15.4 Å². The molecule has 1 spiro atoms. The Labute approximate surface area is 191 Å². The summed E-state index contributed by atoms with van der Waals surface area (Å²) in [6.07, 6.45) is 1.04. The topological polar surface area (TPSA) is 114 Å². The predicted octanol–water partition coefficient (Wildman–Crippen LogP) is 2.02. The molecule has 10 heteroatoms. The summed E-state index contributed by atoms with van der Waals surface area (Å²) in [6, 6.07) is 1.94. The third-order valence-corrected chi connectivity index (χ3v) is 6.31. The van der Waals surface area contributed by atoms with Crippen molar-refractivity contribution < 1.29 is 33.0 Å². The Balaban J connectivity index is 1.51. The first-order valence-electron chi connectivity index (χ1n) is 11.1. The highest BCUT2D eigenvalue weighted by Crippen LogP contribution is 2.47. The molecule has 0 aliphatic carbocycles. The van der Waals surface area contributed by atoms with Gasteiger partial charge >= 0.3 is 6.09 Å². The van der Waals surface area contributed by atoms with Crippen molar-refractivity contribution in [1.29, 1.82) is 0 Å². The first-order chi connectivity index (χ1) is 15.5. The zero-order valence-corrected chi connectivity index (χ0v) is 19.0. The maximum absolute atomic E-state index is 14.7. The van der Waals surface area contributed by atoms with Crippen LogP contribution >= 0.6 is 0 Å². The number of carbonyl (C=O) groups excluding carboxylic acids is 4. The third-order valence-electron chi connectivity index (χ3n) is 6.31. The van der Waals surface area contributed by atoms with Crippen LogP contribution in [0.15, 0.2) is 12.1 Å². The van der Waals surface area contributed by atoms with Crippen molar-refractivity contribution >= 4 is 23.8 Å². The van der Waals surface area contributed by atoms with E-state index in [1.807, 2.05) is 20.8 Å². The van der Waals surface area contributed by atoms with Gasteiger partial charge in [0.1, 0.15) is 28.8 Å². The van der Waals surface area contributed by atoms with Gasteiger partial charge in [-0.15, -0.1) is 0 Å². The number of amides is 4. The number of nitrogens with one attached hydrogen (secondary N) is 2. The fraction of sp³-hybridized carbons (Fsp3) is 0.565. The second-order valence-electron chi connectivity index (χ2n) is 9.81. The van der Waals surface area contributed by atoms with Crippen LogP contribution in [0.3, 0.4) is 0 Å². The maximum Gasteiger partial charge on any atom is 0.410 e. The molecule has 0 bridgehead atoms. The number of hydrogen-bond donors (Lipinski definition) is 2. The Kier molecular flexibility index (Phi) is 5.79. The van der Waals surface area contributed by atoms with Gasteiger partial charge in [0.05, 0.1) is 6.61 Å². The lowest BCUT2D eigenvalue weighted by molar-refractivity contribution is -0.134. The van der Waals surface area contributed by atoms with Crippen LogP contribution in [0.25, 0.3) is 0 Å². The summed E-state index contributed by atoms with van der Waals surface area (Å²) >= 11 is 0. The molecule has 178 valence electrons. The second-order valence-corrected chi connectivity index (χ2v) is 9.81. The largest absolute Gasteiger partial charge is 0.491 e. The minimum atomic E-state index is -0.919. The van der Waals surface area contributed by atoms with Gasteiger partial charge in [0, 0.05) is 30.5 Å². The molecule has 4 rings (SSSR count). The first-order valence-corrected chi connectivity index (χ1v) is 11.1. The normalized spacial score (nSPS) is 21.8. The van der Waals surface area contributed by atoms with E-state index in [1.54, 1.807) is 11.0 Å². The number of benzene rings is 1. The molecule has 9 nitrogen and oxygen atoms in total. The summed E-state index contributed by atoms with van der Waals surface area (Å²) in [7, 11) is 0. The van der Waals surface area contributed by atoms with E-state index in [9.17, 15) is 23.6 Å². The van der Waals surface area contributed by atoms with E-state index in [-0.39, 0.29) is 36.9 Å². The summed E-state index contributed by atoms with van der Waals surface area (Å²) < 4.78 is 26.0. The molecule has 1 atom stereocenters. The number of imide groups is 1. The molecule has 3 aliphatic rings. The molecule has 3 heterocycles. The lowest BCUT2D eigenvalue weighted by atomic mass is 9.74. The highest BCUT2D eigenvalue weighted by molar-refractivity contribution is 6.04. The number of piperidine rings is 2. The molecule has 2 fully saturated rings.